The molecule has 1 N–H and O–H groups in total. The second kappa shape index (κ2) is 7.74. The zero-order valence-electron chi connectivity index (χ0n) is 14.6. The number of hydrogen-bond donors (Lipinski definition) is 1. The molecule has 0 saturated heterocycles. The normalized spacial score (nSPS) is 10.4. The fourth-order valence-electron chi connectivity index (χ4n) is 2.57. The molecule has 0 saturated carbocycles. The minimum absolute atomic E-state index is 0.122. The molecule has 26 heavy (non-hydrogen) atoms. The van der Waals surface area contributed by atoms with E-state index in [0.717, 1.165) is 11.3 Å². The molecular weight excluding hydrogens is 331 g/mol. The summed E-state index contributed by atoms with van der Waals surface area (Å²) < 4.78 is 13.6. The van der Waals surface area contributed by atoms with Gasteiger partial charge < -0.3 is 10.2 Å². The van der Waals surface area contributed by atoms with Gasteiger partial charge in [-0.2, -0.15) is 0 Å². The van der Waals surface area contributed by atoms with E-state index in [2.05, 4.69) is 15.3 Å². The Morgan fingerprint density at radius 1 is 1.12 bits per heavy atom. The van der Waals surface area contributed by atoms with Gasteiger partial charge in [-0.25, -0.2) is 14.4 Å². The number of nitrogens with zero attached hydrogens (tertiary/aromatic N) is 3. The number of carbonyl (C=O) groups excluding carboxylic acids is 1. The largest absolute Gasteiger partial charge is 0.319 e. The summed E-state index contributed by atoms with van der Waals surface area (Å²) in [5, 5.41) is 2.52. The molecule has 0 aliphatic rings. The summed E-state index contributed by atoms with van der Waals surface area (Å²) in [5.74, 6) is -0.448. The first-order chi connectivity index (χ1) is 12.6. The molecule has 0 aliphatic carbocycles. The number of hydrogen-bond acceptors (Lipinski definition) is 4. The number of para-hydroxylation sites is 1. The van der Waals surface area contributed by atoms with E-state index in [4.69, 9.17) is 0 Å². The first-order valence-electron chi connectivity index (χ1n) is 8.30. The zero-order valence-corrected chi connectivity index (χ0v) is 14.6. The Morgan fingerprint density at radius 2 is 1.85 bits per heavy atom. The molecule has 2 aromatic carbocycles. The van der Waals surface area contributed by atoms with Crippen molar-refractivity contribution in [3.8, 4) is 0 Å². The second-order valence-corrected chi connectivity index (χ2v) is 5.79. The Balaban J connectivity index is 1.79. The molecule has 0 fully saturated rings. The van der Waals surface area contributed by atoms with Gasteiger partial charge in [0.2, 0.25) is 5.95 Å². The first-order valence-corrected chi connectivity index (χ1v) is 8.30. The summed E-state index contributed by atoms with van der Waals surface area (Å²) in [7, 11) is 0. The molecule has 0 atom stereocenters. The SMILES string of the molecule is CCN(c1cccc(C)c1)c1ncc(C(=O)Nc2ccccc2F)cn1. The van der Waals surface area contributed by atoms with Crippen LogP contribution in [-0.2, 0) is 0 Å². The van der Waals surface area contributed by atoms with Crippen LogP contribution in [0.4, 0.5) is 21.7 Å². The van der Waals surface area contributed by atoms with Gasteiger partial charge >= 0.3 is 0 Å². The second-order valence-electron chi connectivity index (χ2n) is 5.79. The lowest BCUT2D eigenvalue weighted by Crippen LogP contribution is -2.20. The summed E-state index contributed by atoms with van der Waals surface area (Å²) in [6.07, 6.45) is 2.88. The van der Waals surface area contributed by atoms with Gasteiger partial charge in [0.1, 0.15) is 5.82 Å². The minimum atomic E-state index is -0.491. The van der Waals surface area contributed by atoms with Gasteiger partial charge in [-0.3, -0.25) is 4.79 Å². The summed E-state index contributed by atoms with van der Waals surface area (Å²) in [6.45, 7) is 4.71. The Labute approximate surface area is 151 Å². The molecule has 1 amide bonds. The monoisotopic (exact) mass is 350 g/mol. The average Bonchev–Trinajstić information content (AvgIpc) is 2.65. The van der Waals surface area contributed by atoms with Crippen LogP contribution in [0.25, 0.3) is 0 Å². The zero-order chi connectivity index (χ0) is 18.5. The summed E-state index contributed by atoms with van der Waals surface area (Å²) >= 11 is 0. The standard InChI is InChI=1S/C20H19FN4O/c1-3-25(16-8-6-7-14(2)11-16)20-22-12-15(13-23-20)19(26)24-18-10-5-4-9-17(18)21/h4-13H,3H2,1-2H3,(H,24,26). The maximum Gasteiger partial charge on any atom is 0.258 e. The van der Waals surface area contributed by atoms with Gasteiger partial charge in [-0.05, 0) is 43.7 Å². The van der Waals surface area contributed by atoms with E-state index in [1.807, 2.05) is 43.0 Å². The number of benzene rings is 2. The average molecular weight is 350 g/mol. The van der Waals surface area contributed by atoms with E-state index in [-0.39, 0.29) is 11.3 Å². The number of amides is 1. The molecule has 1 heterocycles. The molecule has 5 nitrogen and oxygen atoms in total. The molecule has 132 valence electrons. The number of carbonyl (C=O) groups is 1. The molecule has 0 spiro atoms. The fraction of sp³-hybridized carbons (Fsp3) is 0.150. The molecule has 3 rings (SSSR count). The van der Waals surface area contributed by atoms with E-state index >= 15 is 0 Å². The molecule has 6 heteroatoms. The van der Waals surface area contributed by atoms with Crippen LogP contribution in [0.1, 0.15) is 22.8 Å². The van der Waals surface area contributed by atoms with E-state index in [1.165, 1.54) is 24.5 Å². The van der Waals surface area contributed by atoms with Gasteiger partial charge in [0.05, 0.1) is 11.3 Å². The minimum Gasteiger partial charge on any atom is -0.319 e. The Hall–Kier alpha value is -3.28. The highest BCUT2D eigenvalue weighted by molar-refractivity contribution is 6.03. The van der Waals surface area contributed by atoms with Gasteiger partial charge in [-0.1, -0.05) is 24.3 Å². The predicted molar refractivity (Wildman–Crippen MR) is 100 cm³/mol. The number of anilines is 3. The molecule has 1 aromatic heterocycles. The van der Waals surface area contributed by atoms with Gasteiger partial charge in [0, 0.05) is 24.6 Å². The van der Waals surface area contributed by atoms with Gasteiger partial charge in [-0.15, -0.1) is 0 Å². The Morgan fingerprint density at radius 3 is 2.50 bits per heavy atom. The summed E-state index contributed by atoms with van der Waals surface area (Å²) in [6, 6.07) is 14.0. The topological polar surface area (TPSA) is 58.1 Å². The molecule has 0 unspecified atom stereocenters. The van der Waals surface area contributed by atoms with Crippen molar-refractivity contribution in [3.05, 3.63) is 77.9 Å². The molecule has 0 aliphatic heterocycles. The van der Waals surface area contributed by atoms with Crippen LogP contribution in [0.2, 0.25) is 0 Å². The number of rotatable bonds is 5. The third-order valence-electron chi connectivity index (χ3n) is 3.89. The van der Waals surface area contributed by atoms with E-state index < -0.39 is 11.7 Å². The quantitative estimate of drug-likeness (QED) is 0.744. The number of aromatic nitrogens is 2. The third kappa shape index (κ3) is 3.85. The molecule has 3 aromatic rings. The summed E-state index contributed by atoms with van der Waals surface area (Å²) in [4.78, 5) is 22.8. The number of aryl methyl sites for hydroxylation is 1. The van der Waals surface area contributed by atoms with Crippen molar-refractivity contribution < 1.29 is 9.18 Å². The van der Waals surface area contributed by atoms with Crippen molar-refractivity contribution in [3.63, 3.8) is 0 Å². The van der Waals surface area contributed by atoms with Crippen molar-refractivity contribution in [1.29, 1.82) is 0 Å². The fourth-order valence-corrected chi connectivity index (χ4v) is 2.57. The van der Waals surface area contributed by atoms with Crippen molar-refractivity contribution in [2.24, 2.45) is 0 Å². The number of halogens is 1. The Kier molecular flexibility index (Phi) is 5.22. The third-order valence-corrected chi connectivity index (χ3v) is 3.89. The maximum atomic E-state index is 13.6. The van der Waals surface area contributed by atoms with Crippen molar-refractivity contribution in [1.82, 2.24) is 9.97 Å². The van der Waals surface area contributed by atoms with E-state index in [9.17, 15) is 9.18 Å². The van der Waals surface area contributed by atoms with E-state index in [0.29, 0.717) is 12.5 Å². The first kappa shape index (κ1) is 17.5. The van der Waals surface area contributed by atoms with Crippen LogP contribution in [0.15, 0.2) is 60.9 Å². The summed E-state index contributed by atoms with van der Waals surface area (Å²) in [5.41, 5.74) is 2.51. The van der Waals surface area contributed by atoms with Crippen LogP contribution in [-0.4, -0.2) is 22.4 Å². The van der Waals surface area contributed by atoms with Crippen LogP contribution in [0, 0.1) is 12.7 Å². The van der Waals surface area contributed by atoms with Crippen LogP contribution < -0.4 is 10.2 Å². The predicted octanol–water partition coefficient (Wildman–Crippen LogP) is 4.33. The highest BCUT2D eigenvalue weighted by Gasteiger charge is 2.13. The van der Waals surface area contributed by atoms with Crippen molar-refractivity contribution >= 4 is 23.2 Å². The van der Waals surface area contributed by atoms with Crippen molar-refractivity contribution in [2.45, 2.75) is 13.8 Å². The van der Waals surface area contributed by atoms with Crippen LogP contribution in [0.5, 0.6) is 0 Å². The molecule has 0 bridgehead atoms. The highest BCUT2D eigenvalue weighted by atomic mass is 19.1. The smallest absolute Gasteiger partial charge is 0.258 e. The van der Waals surface area contributed by atoms with Crippen LogP contribution in [0.3, 0.4) is 0 Å². The van der Waals surface area contributed by atoms with Gasteiger partial charge in [0.15, 0.2) is 0 Å². The molecular formula is C20H19FN4O. The van der Waals surface area contributed by atoms with Crippen molar-refractivity contribution in [2.75, 3.05) is 16.8 Å². The lowest BCUT2D eigenvalue weighted by atomic mass is 10.2. The molecule has 0 radical (unpaired) electrons. The lowest BCUT2D eigenvalue weighted by molar-refractivity contribution is 0.102. The van der Waals surface area contributed by atoms with E-state index in [1.54, 1.807) is 12.1 Å². The lowest BCUT2D eigenvalue weighted by Gasteiger charge is -2.21. The Bertz CT molecular complexity index is 912. The highest BCUT2D eigenvalue weighted by Crippen LogP contribution is 2.22. The maximum absolute atomic E-state index is 13.6. The van der Waals surface area contributed by atoms with Crippen LogP contribution >= 0.6 is 0 Å². The number of nitrogens with one attached hydrogen (secondary N) is 1. The van der Waals surface area contributed by atoms with Gasteiger partial charge in [0.25, 0.3) is 5.91 Å².